The van der Waals surface area contributed by atoms with E-state index in [1.165, 1.54) is 6.21 Å². The van der Waals surface area contributed by atoms with E-state index in [0.717, 1.165) is 38.8 Å². The van der Waals surface area contributed by atoms with E-state index in [1.807, 2.05) is 55.7 Å². The van der Waals surface area contributed by atoms with Crippen molar-refractivity contribution in [3.63, 3.8) is 0 Å². The van der Waals surface area contributed by atoms with Gasteiger partial charge in [0.25, 0.3) is 5.91 Å². The van der Waals surface area contributed by atoms with Gasteiger partial charge in [0.05, 0.1) is 18.2 Å². The van der Waals surface area contributed by atoms with E-state index < -0.39 is 15.9 Å². The first-order chi connectivity index (χ1) is 15.1. The Bertz CT molecular complexity index is 1260. The fourth-order valence-electron chi connectivity index (χ4n) is 3.38. The highest BCUT2D eigenvalue weighted by molar-refractivity contribution is 7.92. The standard InChI is InChI=1S/C23H25ClN4O3S/c1-16-8-10-21(11-9-16)27(32(4,30)31)15-23(29)26-25-14-19-12-17(2)28(18(19)3)22-7-5-6-20(24)13-22/h5-14H,15H2,1-4H3,(H,26,29)/b25-14-. The maximum absolute atomic E-state index is 12.4. The van der Waals surface area contributed by atoms with E-state index in [1.54, 1.807) is 24.3 Å². The maximum Gasteiger partial charge on any atom is 0.260 e. The monoisotopic (exact) mass is 472 g/mol. The van der Waals surface area contributed by atoms with Gasteiger partial charge in [-0.3, -0.25) is 9.10 Å². The van der Waals surface area contributed by atoms with E-state index in [9.17, 15) is 13.2 Å². The lowest BCUT2D eigenvalue weighted by molar-refractivity contribution is -0.119. The molecule has 1 heterocycles. The average molecular weight is 473 g/mol. The summed E-state index contributed by atoms with van der Waals surface area (Å²) < 4.78 is 27.5. The first kappa shape index (κ1) is 23.6. The van der Waals surface area contributed by atoms with Crippen LogP contribution in [0.3, 0.4) is 0 Å². The van der Waals surface area contributed by atoms with Gasteiger partial charge in [0, 0.05) is 27.7 Å². The van der Waals surface area contributed by atoms with E-state index >= 15 is 0 Å². The number of rotatable bonds is 7. The number of amides is 1. The van der Waals surface area contributed by atoms with E-state index in [2.05, 4.69) is 10.5 Å². The van der Waals surface area contributed by atoms with Crippen LogP contribution in [0.25, 0.3) is 5.69 Å². The zero-order valence-corrected chi connectivity index (χ0v) is 19.9. The molecule has 1 amide bonds. The molecule has 1 N–H and O–H groups in total. The van der Waals surface area contributed by atoms with Gasteiger partial charge in [-0.15, -0.1) is 0 Å². The van der Waals surface area contributed by atoms with Gasteiger partial charge in [-0.05, 0) is 57.2 Å². The highest BCUT2D eigenvalue weighted by Crippen LogP contribution is 2.22. The number of nitrogens with one attached hydrogen (secondary N) is 1. The SMILES string of the molecule is Cc1ccc(N(CC(=O)N/N=C\c2cc(C)n(-c3cccc(Cl)c3)c2C)S(C)(=O)=O)cc1. The van der Waals surface area contributed by atoms with E-state index in [4.69, 9.17) is 11.6 Å². The Morgan fingerprint density at radius 1 is 1.12 bits per heavy atom. The lowest BCUT2D eigenvalue weighted by Gasteiger charge is -2.21. The fraction of sp³-hybridized carbons (Fsp3) is 0.217. The number of carbonyl (C=O) groups is 1. The first-order valence-electron chi connectivity index (χ1n) is 9.87. The number of aryl methyl sites for hydroxylation is 2. The summed E-state index contributed by atoms with van der Waals surface area (Å²) in [7, 11) is -3.64. The Labute approximate surface area is 193 Å². The van der Waals surface area contributed by atoms with Gasteiger partial charge in [0.1, 0.15) is 6.54 Å². The number of hydrogen-bond donors (Lipinski definition) is 1. The van der Waals surface area contributed by atoms with Crippen LogP contribution < -0.4 is 9.73 Å². The van der Waals surface area contributed by atoms with Crippen LogP contribution in [0.2, 0.25) is 5.02 Å². The lowest BCUT2D eigenvalue weighted by atomic mass is 10.2. The zero-order chi connectivity index (χ0) is 23.5. The summed E-state index contributed by atoms with van der Waals surface area (Å²) in [4.78, 5) is 12.4. The molecule has 0 saturated carbocycles. The van der Waals surface area contributed by atoms with Crippen molar-refractivity contribution in [3.05, 3.63) is 82.1 Å². The van der Waals surface area contributed by atoms with Gasteiger partial charge in [0.2, 0.25) is 10.0 Å². The van der Waals surface area contributed by atoms with Crippen LogP contribution in [0.15, 0.2) is 59.7 Å². The van der Waals surface area contributed by atoms with Crippen molar-refractivity contribution < 1.29 is 13.2 Å². The lowest BCUT2D eigenvalue weighted by Crippen LogP contribution is -2.39. The minimum atomic E-state index is -3.64. The molecule has 0 saturated heterocycles. The molecule has 168 valence electrons. The third kappa shape index (κ3) is 5.57. The quantitative estimate of drug-likeness (QED) is 0.417. The Hall–Kier alpha value is -3.10. The summed E-state index contributed by atoms with van der Waals surface area (Å²) in [6.07, 6.45) is 2.60. The highest BCUT2D eigenvalue weighted by atomic mass is 35.5. The van der Waals surface area contributed by atoms with Gasteiger partial charge in [-0.25, -0.2) is 13.8 Å². The molecule has 0 fully saturated rings. The number of aromatic nitrogens is 1. The van der Waals surface area contributed by atoms with Crippen molar-refractivity contribution in [2.24, 2.45) is 5.10 Å². The van der Waals surface area contributed by atoms with Crippen LogP contribution in [0.5, 0.6) is 0 Å². The van der Waals surface area contributed by atoms with Crippen molar-refractivity contribution >= 4 is 39.4 Å². The minimum absolute atomic E-state index is 0.374. The highest BCUT2D eigenvalue weighted by Gasteiger charge is 2.20. The first-order valence-corrected chi connectivity index (χ1v) is 12.1. The van der Waals surface area contributed by atoms with Gasteiger partial charge in [0.15, 0.2) is 0 Å². The van der Waals surface area contributed by atoms with Crippen molar-refractivity contribution in [3.8, 4) is 5.69 Å². The van der Waals surface area contributed by atoms with Gasteiger partial charge in [-0.1, -0.05) is 35.4 Å². The van der Waals surface area contributed by atoms with Crippen LogP contribution in [-0.2, 0) is 14.8 Å². The van der Waals surface area contributed by atoms with Crippen molar-refractivity contribution in [2.75, 3.05) is 17.1 Å². The molecular weight excluding hydrogens is 448 g/mol. The molecule has 32 heavy (non-hydrogen) atoms. The molecule has 0 aliphatic rings. The summed E-state index contributed by atoms with van der Waals surface area (Å²) in [5.74, 6) is -0.545. The fourth-order valence-corrected chi connectivity index (χ4v) is 4.42. The second kappa shape index (κ2) is 9.58. The third-order valence-corrected chi connectivity index (χ3v) is 6.31. The maximum atomic E-state index is 12.4. The van der Waals surface area contributed by atoms with Crippen LogP contribution in [-0.4, -0.2) is 37.9 Å². The molecule has 0 bridgehead atoms. The Morgan fingerprint density at radius 3 is 2.44 bits per heavy atom. The molecule has 2 aromatic carbocycles. The second-order valence-corrected chi connectivity index (χ2v) is 9.88. The number of hydrogen-bond acceptors (Lipinski definition) is 4. The minimum Gasteiger partial charge on any atom is -0.318 e. The number of sulfonamides is 1. The second-order valence-electron chi connectivity index (χ2n) is 7.54. The van der Waals surface area contributed by atoms with Crippen LogP contribution in [0.4, 0.5) is 5.69 Å². The molecule has 0 spiro atoms. The van der Waals surface area contributed by atoms with E-state index in [-0.39, 0.29) is 6.54 Å². The van der Waals surface area contributed by atoms with Crippen LogP contribution >= 0.6 is 11.6 Å². The molecule has 3 aromatic rings. The van der Waals surface area contributed by atoms with Crippen LogP contribution in [0, 0.1) is 20.8 Å². The predicted molar refractivity (Wildman–Crippen MR) is 129 cm³/mol. The molecule has 0 atom stereocenters. The van der Waals surface area contributed by atoms with Crippen molar-refractivity contribution in [1.29, 1.82) is 0 Å². The van der Waals surface area contributed by atoms with Gasteiger partial charge < -0.3 is 4.57 Å². The van der Waals surface area contributed by atoms with E-state index in [0.29, 0.717) is 10.7 Å². The predicted octanol–water partition coefficient (Wildman–Crippen LogP) is 3.97. The molecule has 1 aromatic heterocycles. The molecule has 9 heteroatoms. The Kier molecular flexibility index (Phi) is 7.06. The number of benzene rings is 2. The van der Waals surface area contributed by atoms with Crippen molar-refractivity contribution in [1.82, 2.24) is 9.99 Å². The summed E-state index contributed by atoms with van der Waals surface area (Å²) in [5.41, 5.74) is 7.49. The summed E-state index contributed by atoms with van der Waals surface area (Å²) >= 11 is 6.12. The molecule has 0 aliphatic carbocycles. The number of carbonyl (C=O) groups excluding carboxylic acids is 1. The largest absolute Gasteiger partial charge is 0.318 e. The Morgan fingerprint density at radius 2 is 1.81 bits per heavy atom. The van der Waals surface area contributed by atoms with Crippen molar-refractivity contribution in [2.45, 2.75) is 20.8 Å². The molecule has 0 radical (unpaired) electrons. The normalized spacial score (nSPS) is 11.7. The summed E-state index contributed by atoms with van der Waals surface area (Å²) in [6.45, 7) is 5.44. The number of anilines is 1. The van der Waals surface area contributed by atoms with Gasteiger partial charge >= 0.3 is 0 Å². The molecule has 0 aliphatic heterocycles. The average Bonchev–Trinajstić information content (AvgIpc) is 2.99. The smallest absolute Gasteiger partial charge is 0.260 e. The topological polar surface area (TPSA) is 83.8 Å². The van der Waals surface area contributed by atoms with Crippen LogP contribution in [0.1, 0.15) is 22.5 Å². The molecule has 7 nitrogen and oxygen atoms in total. The zero-order valence-electron chi connectivity index (χ0n) is 18.3. The summed E-state index contributed by atoms with van der Waals surface area (Å²) in [6, 6.07) is 16.4. The Balaban J connectivity index is 1.73. The number of hydrazone groups is 1. The molecular formula is C23H25ClN4O3S. The van der Waals surface area contributed by atoms with Gasteiger partial charge in [-0.2, -0.15) is 5.10 Å². The molecule has 3 rings (SSSR count). The number of nitrogens with zero attached hydrogens (tertiary/aromatic N) is 3. The number of halogens is 1. The third-order valence-electron chi connectivity index (χ3n) is 4.94. The summed E-state index contributed by atoms with van der Waals surface area (Å²) in [5, 5.41) is 4.67. The molecule has 0 unspecified atom stereocenters.